The van der Waals surface area contributed by atoms with Crippen molar-refractivity contribution in [1.82, 2.24) is 9.88 Å². The third-order valence-electron chi connectivity index (χ3n) is 6.09. The normalized spacial score (nSPS) is 15.6. The van der Waals surface area contributed by atoms with Crippen molar-refractivity contribution in [3.8, 4) is 0 Å². The molecule has 1 aliphatic carbocycles. The van der Waals surface area contributed by atoms with E-state index < -0.39 is 5.41 Å². The number of anilines is 1. The summed E-state index contributed by atoms with van der Waals surface area (Å²) < 4.78 is 1.12. The minimum atomic E-state index is -0.501. The number of carbonyl (C=O) groups excluding carboxylic acids is 1. The molecule has 2 aromatic carbocycles. The summed E-state index contributed by atoms with van der Waals surface area (Å²) in [6, 6.07) is 14.2. The van der Waals surface area contributed by atoms with E-state index in [1.807, 2.05) is 43.3 Å². The molecule has 164 valence electrons. The zero-order valence-electron chi connectivity index (χ0n) is 18.2. The number of hydrogen-bond acceptors (Lipinski definition) is 5. The lowest BCUT2D eigenvalue weighted by Gasteiger charge is -2.34. The largest absolute Gasteiger partial charge is 0.308 e. The molecule has 0 aliphatic heterocycles. The number of amides is 1. The fraction of sp³-hybridized carbons (Fsp3) is 0.417. The van der Waals surface area contributed by atoms with Gasteiger partial charge in [0.05, 0.1) is 15.6 Å². The number of likely N-dealkylation sites (N-methyl/N-ethyl adjacent to an activating group) is 1. The van der Waals surface area contributed by atoms with E-state index in [0.717, 1.165) is 53.1 Å². The third-order valence-corrected chi connectivity index (χ3v) is 8.11. The second-order valence-electron chi connectivity index (χ2n) is 8.39. The van der Waals surface area contributed by atoms with Crippen molar-refractivity contribution in [2.75, 3.05) is 38.3 Å². The van der Waals surface area contributed by atoms with Gasteiger partial charge in [0.2, 0.25) is 5.91 Å². The van der Waals surface area contributed by atoms with Crippen LogP contribution in [-0.4, -0.2) is 49.2 Å². The van der Waals surface area contributed by atoms with E-state index in [1.54, 1.807) is 23.1 Å². The third kappa shape index (κ3) is 4.63. The number of fused-ring (bicyclic) bond motifs is 1. The van der Waals surface area contributed by atoms with Crippen LogP contribution < -0.4 is 4.90 Å². The first-order valence-corrected chi connectivity index (χ1v) is 13.0. The summed E-state index contributed by atoms with van der Waals surface area (Å²) in [6.45, 7) is 1.41. The molecular formula is C24H28ClN3OS2. The van der Waals surface area contributed by atoms with Gasteiger partial charge in [-0.05, 0) is 69.1 Å². The van der Waals surface area contributed by atoms with Crippen LogP contribution in [0.5, 0.6) is 0 Å². The topological polar surface area (TPSA) is 36.4 Å². The van der Waals surface area contributed by atoms with Crippen LogP contribution in [0.3, 0.4) is 0 Å². The lowest BCUT2D eigenvalue weighted by atomic mass is 9.77. The van der Waals surface area contributed by atoms with Crippen LogP contribution in [0, 0.1) is 0 Å². The molecule has 4 rings (SSSR count). The number of rotatable bonds is 7. The van der Waals surface area contributed by atoms with Crippen LogP contribution in [0.2, 0.25) is 5.02 Å². The van der Waals surface area contributed by atoms with Crippen molar-refractivity contribution < 1.29 is 4.79 Å². The van der Waals surface area contributed by atoms with E-state index in [4.69, 9.17) is 16.6 Å². The molecule has 0 bridgehead atoms. The first-order valence-electron chi connectivity index (χ1n) is 10.6. The van der Waals surface area contributed by atoms with E-state index >= 15 is 0 Å². The highest BCUT2D eigenvalue weighted by Gasteiger charge is 2.45. The molecule has 1 heterocycles. The average Bonchev–Trinajstić information content (AvgIpc) is 3.41. The number of halogens is 1. The average molecular weight is 474 g/mol. The number of carbonyl (C=O) groups is 1. The lowest BCUT2D eigenvalue weighted by Crippen LogP contribution is -2.47. The Hall–Kier alpha value is -1.60. The maximum Gasteiger partial charge on any atom is 0.239 e. The summed E-state index contributed by atoms with van der Waals surface area (Å²) in [5.41, 5.74) is 1.52. The Morgan fingerprint density at radius 1 is 1.13 bits per heavy atom. The highest BCUT2D eigenvalue weighted by molar-refractivity contribution is 7.98. The van der Waals surface area contributed by atoms with Crippen LogP contribution in [0.1, 0.15) is 31.2 Å². The van der Waals surface area contributed by atoms with Crippen molar-refractivity contribution >= 4 is 56.0 Å². The zero-order chi connectivity index (χ0) is 22.0. The molecule has 0 unspecified atom stereocenters. The summed E-state index contributed by atoms with van der Waals surface area (Å²) in [5, 5.41) is 1.49. The molecule has 31 heavy (non-hydrogen) atoms. The number of thiazole rings is 1. The number of nitrogens with zero attached hydrogens (tertiary/aromatic N) is 3. The Kier molecular flexibility index (Phi) is 6.92. The van der Waals surface area contributed by atoms with E-state index in [1.165, 1.54) is 4.90 Å². The van der Waals surface area contributed by atoms with Gasteiger partial charge >= 0.3 is 0 Å². The quantitative estimate of drug-likeness (QED) is 0.390. The second-order valence-corrected chi connectivity index (χ2v) is 10.7. The van der Waals surface area contributed by atoms with Gasteiger partial charge in [0, 0.05) is 23.0 Å². The number of benzene rings is 2. The van der Waals surface area contributed by atoms with Crippen molar-refractivity contribution in [2.45, 2.75) is 36.0 Å². The smallest absolute Gasteiger partial charge is 0.239 e. The molecule has 1 saturated carbocycles. The van der Waals surface area contributed by atoms with Gasteiger partial charge in [-0.1, -0.05) is 47.9 Å². The van der Waals surface area contributed by atoms with Gasteiger partial charge in [-0.15, -0.1) is 11.8 Å². The molecule has 3 aromatic rings. The van der Waals surface area contributed by atoms with Crippen LogP contribution in [0.15, 0.2) is 47.4 Å². The highest BCUT2D eigenvalue weighted by Crippen LogP contribution is 2.44. The molecule has 0 N–H and O–H groups in total. The molecule has 1 amide bonds. The predicted octanol–water partition coefficient (Wildman–Crippen LogP) is 6.08. The SMILES string of the molecule is CSc1ccc2nc(N(CCN(C)C)C(=O)C3(c4ccc(Cl)cc4)CCCC3)sc2c1. The van der Waals surface area contributed by atoms with E-state index in [-0.39, 0.29) is 5.91 Å². The maximum absolute atomic E-state index is 14.2. The highest BCUT2D eigenvalue weighted by atomic mass is 35.5. The maximum atomic E-state index is 14.2. The van der Waals surface area contributed by atoms with E-state index in [2.05, 4.69) is 29.4 Å². The predicted molar refractivity (Wildman–Crippen MR) is 134 cm³/mol. The first kappa shape index (κ1) is 22.6. The van der Waals surface area contributed by atoms with Crippen LogP contribution in [0.25, 0.3) is 10.2 Å². The number of hydrogen-bond donors (Lipinski definition) is 0. The van der Waals surface area contributed by atoms with Crippen LogP contribution in [-0.2, 0) is 10.2 Å². The Morgan fingerprint density at radius 3 is 2.48 bits per heavy atom. The fourth-order valence-electron chi connectivity index (χ4n) is 4.35. The molecule has 1 aromatic heterocycles. The minimum absolute atomic E-state index is 0.165. The Balaban J connectivity index is 1.75. The Morgan fingerprint density at radius 2 is 1.84 bits per heavy atom. The Bertz CT molecular complexity index is 1060. The number of thioether (sulfide) groups is 1. The summed E-state index contributed by atoms with van der Waals surface area (Å²) >= 11 is 9.48. The summed E-state index contributed by atoms with van der Waals surface area (Å²) in [5.74, 6) is 0.165. The second kappa shape index (κ2) is 9.49. The molecule has 0 saturated heterocycles. The number of aromatic nitrogens is 1. The Labute approximate surface area is 197 Å². The van der Waals surface area contributed by atoms with Crippen LogP contribution >= 0.6 is 34.7 Å². The van der Waals surface area contributed by atoms with Gasteiger partial charge in [-0.3, -0.25) is 9.69 Å². The lowest BCUT2D eigenvalue weighted by molar-refractivity contribution is -0.124. The fourth-order valence-corrected chi connectivity index (χ4v) is 6.02. The molecule has 0 atom stereocenters. The van der Waals surface area contributed by atoms with Gasteiger partial charge in [-0.25, -0.2) is 4.98 Å². The monoisotopic (exact) mass is 473 g/mol. The van der Waals surface area contributed by atoms with Gasteiger partial charge in [0.15, 0.2) is 5.13 Å². The summed E-state index contributed by atoms with van der Waals surface area (Å²) in [6.07, 6.45) is 5.94. The van der Waals surface area contributed by atoms with Crippen molar-refractivity contribution in [3.63, 3.8) is 0 Å². The molecule has 0 spiro atoms. The molecule has 1 aliphatic rings. The van der Waals surface area contributed by atoms with E-state index in [9.17, 15) is 4.79 Å². The van der Waals surface area contributed by atoms with Gasteiger partial charge < -0.3 is 4.90 Å². The molecule has 0 radical (unpaired) electrons. The summed E-state index contributed by atoms with van der Waals surface area (Å²) in [7, 11) is 4.08. The standard InChI is InChI=1S/C24H28ClN3OS2/c1-27(2)14-15-28(23-26-20-11-10-19(30-3)16-21(20)31-23)22(29)24(12-4-5-13-24)17-6-8-18(25)9-7-17/h6-11,16H,4-5,12-15H2,1-3H3. The van der Waals surface area contributed by atoms with Gasteiger partial charge in [-0.2, -0.15) is 0 Å². The van der Waals surface area contributed by atoms with Crippen molar-refractivity contribution in [3.05, 3.63) is 53.1 Å². The molecule has 7 heteroatoms. The van der Waals surface area contributed by atoms with Gasteiger partial charge in [0.1, 0.15) is 0 Å². The zero-order valence-corrected chi connectivity index (χ0v) is 20.6. The van der Waals surface area contributed by atoms with E-state index in [0.29, 0.717) is 11.6 Å². The minimum Gasteiger partial charge on any atom is -0.308 e. The van der Waals surface area contributed by atoms with Crippen molar-refractivity contribution in [2.24, 2.45) is 0 Å². The first-order chi connectivity index (χ1) is 14.9. The molecule has 1 fully saturated rings. The molecule has 4 nitrogen and oxygen atoms in total. The van der Waals surface area contributed by atoms with Gasteiger partial charge in [0.25, 0.3) is 0 Å². The van der Waals surface area contributed by atoms with Crippen molar-refractivity contribution in [1.29, 1.82) is 0 Å². The summed E-state index contributed by atoms with van der Waals surface area (Å²) in [4.78, 5) is 24.3. The van der Waals surface area contributed by atoms with Crippen LogP contribution in [0.4, 0.5) is 5.13 Å². The molecular weight excluding hydrogens is 446 g/mol.